The summed E-state index contributed by atoms with van der Waals surface area (Å²) in [5.41, 5.74) is 0.450. The molecule has 2 rings (SSSR count). The number of oxazole rings is 1. The highest BCUT2D eigenvalue weighted by Crippen LogP contribution is 2.13. The summed E-state index contributed by atoms with van der Waals surface area (Å²) >= 11 is 0. The summed E-state index contributed by atoms with van der Waals surface area (Å²) in [6.45, 7) is 2.96. The Bertz CT molecular complexity index is 490. The van der Waals surface area contributed by atoms with Crippen molar-refractivity contribution in [2.45, 2.75) is 13.8 Å². The predicted molar refractivity (Wildman–Crippen MR) is 55.0 cm³/mol. The molecule has 1 aliphatic heterocycles. The molecule has 1 fully saturated rings. The van der Waals surface area contributed by atoms with Crippen LogP contribution in [0.4, 0.5) is 0 Å². The minimum Gasteiger partial charge on any atom is -0.436 e. The molecular formula is C10H11N3O4. The Balaban J connectivity index is 2.23. The third kappa shape index (κ3) is 2.17. The van der Waals surface area contributed by atoms with Crippen molar-refractivity contribution in [2.24, 2.45) is 0 Å². The number of aryl methyl sites for hydroxylation is 2. The van der Waals surface area contributed by atoms with Gasteiger partial charge in [-0.25, -0.2) is 4.98 Å². The number of carbonyl (C=O) groups excluding carboxylic acids is 3. The Labute approximate surface area is 96.8 Å². The lowest BCUT2D eigenvalue weighted by Gasteiger charge is -2.24. The van der Waals surface area contributed by atoms with Gasteiger partial charge < -0.3 is 9.32 Å². The summed E-state index contributed by atoms with van der Waals surface area (Å²) in [6, 6.07) is 0. The lowest BCUT2D eigenvalue weighted by Crippen LogP contribution is -2.53. The quantitative estimate of drug-likeness (QED) is 0.658. The number of carbonyl (C=O) groups is 3. The van der Waals surface area contributed by atoms with Crippen LogP contribution in [0.25, 0.3) is 0 Å². The number of rotatable bonds is 1. The van der Waals surface area contributed by atoms with Crippen LogP contribution in [0.5, 0.6) is 0 Å². The van der Waals surface area contributed by atoms with Crippen LogP contribution < -0.4 is 5.32 Å². The fraction of sp³-hybridized carbons (Fsp3) is 0.400. The van der Waals surface area contributed by atoms with Crippen molar-refractivity contribution in [1.82, 2.24) is 15.2 Å². The van der Waals surface area contributed by atoms with Gasteiger partial charge in [0, 0.05) is 6.92 Å². The first-order valence-electron chi connectivity index (χ1n) is 5.03. The van der Waals surface area contributed by atoms with Crippen LogP contribution in [0.1, 0.15) is 22.1 Å². The molecule has 1 N–H and O–H groups in total. The van der Waals surface area contributed by atoms with Gasteiger partial charge in [-0.3, -0.25) is 19.7 Å². The van der Waals surface area contributed by atoms with Crippen molar-refractivity contribution >= 4 is 17.7 Å². The normalized spacial score (nSPS) is 16.0. The van der Waals surface area contributed by atoms with Gasteiger partial charge in [-0.1, -0.05) is 0 Å². The number of hydrogen-bond donors (Lipinski definition) is 1. The second-order valence-electron chi connectivity index (χ2n) is 3.78. The average molecular weight is 237 g/mol. The van der Waals surface area contributed by atoms with E-state index in [1.165, 1.54) is 0 Å². The second-order valence-corrected chi connectivity index (χ2v) is 3.78. The van der Waals surface area contributed by atoms with E-state index in [0.29, 0.717) is 11.6 Å². The fourth-order valence-electron chi connectivity index (χ4n) is 1.65. The van der Waals surface area contributed by atoms with Crippen LogP contribution in [-0.2, 0) is 9.59 Å². The lowest BCUT2D eigenvalue weighted by atomic mass is 10.3. The summed E-state index contributed by atoms with van der Waals surface area (Å²) in [7, 11) is 0. The molecule has 0 atom stereocenters. The van der Waals surface area contributed by atoms with Crippen molar-refractivity contribution in [3.63, 3.8) is 0 Å². The fourth-order valence-corrected chi connectivity index (χ4v) is 1.65. The molecule has 1 saturated heterocycles. The van der Waals surface area contributed by atoms with Crippen LogP contribution >= 0.6 is 0 Å². The SMILES string of the molecule is Cc1nc(C)c(C(=O)N2CC(=O)NC(=O)C2)o1. The third-order valence-electron chi connectivity index (χ3n) is 2.33. The smallest absolute Gasteiger partial charge is 0.292 e. The molecule has 17 heavy (non-hydrogen) atoms. The maximum atomic E-state index is 12.0. The highest BCUT2D eigenvalue weighted by Gasteiger charge is 2.30. The number of imide groups is 1. The van der Waals surface area contributed by atoms with E-state index >= 15 is 0 Å². The number of hydrogen-bond acceptors (Lipinski definition) is 5. The van der Waals surface area contributed by atoms with Crippen molar-refractivity contribution < 1.29 is 18.8 Å². The van der Waals surface area contributed by atoms with Crippen molar-refractivity contribution in [3.8, 4) is 0 Å². The Hall–Kier alpha value is -2.18. The maximum Gasteiger partial charge on any atom is 0.292 e. The van der Waals surface area contributed by atoms with Crippen LogP contribution in [-0.4, -0.2) is 40.7 Å². The third-order valence-corrected chi connectivity index (χ3v) is 2.33. The largest absolute Gasteiger partial charge is 0.436 e. The van der Waals surface area contributed by atoms with Gasteiger partial charge in [0.2, 0.25) is 17.6 Å². The highest BCUT2D eigenvalue weighted by atomic mass is 16.4. The van der Waals surface area contributed by atoms with Gasteiger partial charge in [0.1, 0.15) is 13.1 Å². The molecule has 1 aliphatic rings. The monoisotopic (exact) mass is 237 g/mol. The van der Waals surface area contributed by atoms with E-state index < -0.39 is 17.7 Å². The minimum absolute atomic E-state index is 0.0741. The summed E-state index contributed by atoms with van der Waals surface area (Å²) in [4.78, 5) is 39.4. The molecule has 7 nitrogen and oxygen atoms in total. The first-order chi connectivity index (χ1) is 7.97. The summed E-state index contributed by atoms with van der Waals surface area (Å²) in [5, 5.41) is 2.12. The maximum absolute atomic E-state index is 12.0. The van der Waals surface area contributed by atoms with Crippen LogP contribution in [0.3, 0.4) is 0 Å². The van der Waals surface area contributed by atoms with Gasteiger partial charge in [-0.2, -0.15) is 0 Å². The molecule has 3 amide bonds. The van der Waals surface area contributed by atoms with Crippen molar-refractivity contribution in [2.75, 3.05) is 13.1 Å². The predicted octanol–water partition coefficient (Wildman–Crippen LogP) is -0.610. The molecule has 2 heterocycles. The topological polar surface area (TPSA) is 92.5 Å². The van der Waals surface area contributed by atoms with Gasteiger partial charge in [-0.05, 0) is 6.92 Å². The highest BCUT2D eigenvalue weighted by molar-refractivity contribution is 6.05. The van der Waals surface area contributed by atoms with Crippen molar-refractivity contribution in [3.05, 3.63) is 17.3 Å². The Morgan fingerprint density at radius 2 is 1.88 bits per heavy atom. The number of nitrogens with zero attached hydrogens (tertiary/aromatic N) is 2. The van der Waals surface area contributed by atoms with E-state index in [0.717, 1.165) is 4.90 Å². The summed E-state index contributed by atoms with van der Waals surface area (Å²) < 4.78 is 5.15. The van der Waals surface area contributed by atoms with Crippen LogP contribution in [0.2, 0.25) is 0 Å². The molecular weight excluding hydrogens is 226 g/mol. The van der Waals surface area contributed by atoms with E-state index in [2.05, 4.69) is 10.3 Å². The van der Waals surface area contributed by atoms with Gasteiger partial charge in [0.15, 0.2) is 5.89 Å². The zero-order valence-electron chi connectivity index (χ0n) is 9.44. The van der Waals surface area contributed by atoms with E-state index in [1.54, 1.807) is 13.8 Å². The number of nitrogens with one attached hydrogen (secondary N) is 1. The minimum atomic E-state index is -0.497. The Morgan fingerprint density at radius 1 is 1.29 bits per heavy atom. The summed E-state index contributed by atoms with van der Waals surface area (Å²) in [6.07, 6.45) is 0. The van der Waals surface area contributed by atoms with Crippen LogP contribution in [0, 0.1) is 13.8 Å². The molecule has 1 aromatic rings. The summed E-state index contributed by atoms with van der Waals surface area (Å²) in [5.74, 6) is -1.04. The standard InChI is InChI=1S/C10H11N3O4/c1-5-9(17-6(2)11-5)10(16)13-3-7(14)12-8(15)4-13/h3-4H2,1-2H3,(H,12,14,15). The molecule has 1 aromatic heterocycles. The van der Waals surface area contributed by atoms with Crippen LogP contribution in [0.15, 0.2) is 4.42 Å². The van der Waals surface area contributed by atoms with Gasteiger partial charge in [-0.15, -0.1) is 0 Å². The molecule has 0 aromatic carbocycles. The molecule has 0 unspecified atom stereocenters. The Kier molecular flexibility index (Phi) is 2.66. The molecule has 0 spiro atoms. The van der Waals surface area contributed by atoms with E-state index in [4.69, 9.17) is 4.42 Å². The first kappa shape index (κ1) is 11.3. The lowest BCUT2D eigenvalue weighted by molar-refractivity contribution is -0.135. The zero-order valence-corrected chi connectivity index (χ0v) is 9.44. The van der Waals surface area contributed by atoms with E-state index in [9.17, 15) is 14.4 Å². The van der Waals surface area contributed by atoms with Gasteiger partial charge in [0.05, 0.1) is 5.69 Å². The first-order valence-corrected chi connectivity index (χ1v) is 5.03. The molecule has 0 aliphatic carbocycles. The number of aromatic nitrogens is 1. The molecule has 0 saturated carbocycles. The molecule has 0 bridgehead atoms. The zero-order chi connectivity index (χ0) is 12.6. The van der Waals surface area contributed by atoms with E-state index in [1.807, 2.05) is 0 Å². The Morgan fingerprint density at radius 3 is 2.35 bits per heavy atom. The van der Waals surface area contributed by atoms with Crippen molar-refractivity contribution in [1.29, 1.82) is 0 Å². The average Bonchev–Trinajstić information content (AvgIpc) is 2.55. The van der Waals surface area contributed by atoms with Gasteiger partial charge in [0.25, 0.3) is 5.91 Å². The van der Waals surface area contributed by atoms with Gasteiger partial charge >= 0.3 is 0 Å². The number of amides is 3. The second kappa shape index (κ2) is 4.00. The molecule has 90 valence electrons. The molecule has 0 radical (unpaired) electrons. The van der Waals surface area contributed by atoms with E-state index in [-0.39, 0.29) is 18.8 Å². The molecule has 7 heteroatoms. The number of piperazine rings is 1.